The molecule has 1 aromatic heterocycles. The van der Waals surface area contributed by atoms with Crippen molar-refractivity contribution in [3.8, 4) is 0 Å². The fourth-order valence-electron chi connectivity index (χ4n) is 2.66. The number of thioether (sulfide) groups is 1. The van der Waals surface area contributed by atoms with Gasteiger partial charge in [-0.3, -0.25) is 4.79 Å². The molecule has 3 aromatic carbocycles. The highest BCUT2D eigenvalue weighted by Crippen LogP contribution is 2.38. The molecule has 4 aromatic rings. The fourth-order valence-corrected chi connectivity index (χ4v) is 3.68. The van der Waals surface area contributed by atoms with E-state index in [1.165, 1.54) is 11.8 Å². The molecule has 0 aliphatic rings. The molecule has 0 bridgehead atoms. The third kappa shape index (κ3) is 3.35. The normalized spacial score (nSPS) is 12.2. The maximum absolute atomic E-state index is 13.1. The zero-order valence-electron chi connectivity index (χ0n) is 13.3. The van der Waals surface area contributed by atoms with Gasteiger partial charge < -0.3 is 4.42 Å². The number of hydrogen-bond acceptors (Lipinski definition) is 4. The Labute approximate surface area is 149 Å². The summed E-state index contributed by atoms with van der Waals surface area (Å²) in [4.78, 5) is 17.6. The number of carbonyl (C=O) groups excluding carboxylic acids is 1. The molecule has 0 N–H and O–H groups in total. The number of carbonyl (C=O) groups is 1. The second-order valence-electron chi connectivity index (χ2n) is 5.59. The van der Waals surface area contributed by atoms with E-state index in [4.69, 9.17) is 4.42 Å². The van der Waals surface area contributed by atoms with Crippen LogP contribution < -0.4 is 0 Å². The van der Waals surface area contributed by atoms with Gasteiger partial charge >= 0.3 is 0 Å². The van der Waals surface area contributed by atoms with Gasteiger partial charge in [-0.2, -0.15) is 0 Å². The molecule has 0 aliphatic heterocycles. The first-order valence-electron chi connectivity index (χ1n) is 7.98. The van der Waals surface area contributed by atoms with E-state index in [0.29, 0.717) is 10.8 Å². The van der Waals surface area contributed by atoms with E-state index in [2.05, 4.69) is 4.98 Å². The van der Waals surface area contributed by atoms with Crippen LogP contribution in [0.5, 0.6) is 0 Å². The first-order valence-corrected chi connectivity index (χ1v) is 8.86. The number of hydrogen-bond donors (Lipinski definition) is 0. The topological polar surface area (TPSA) is 43.1 Å². The Hall–Kier alpha value is -2.85. The molecule has 122 valence electrons. The molecule has 0 radical (unpaired) electrons. The molecule has 0 fully saturated rings. The van der Waals surface area contributed by atoms with Gasteiger partial charge in [0.1, 0.15) is 10.8 Å². The van der Waals surface area contributed by atoms with E-state index in [1.54, 1.807) is 0 Å². The number of para-hydroxylation sites is 2. The van der Waals surface area contributed by atoms with Crippen molar-refractivity contribution in [2.24, 2.45) is 0 Å². The van der Waals surface area contributed by atoms with Crippen LogP contribution in [0, 0.1) is 0 Å². The Morgan fingerprint density at radius 1 is 0.840 bits per heavy atom. The molecule has 4 heteroatoms. The smallest absolute Gasteiger partial charge is 0.257 e. The molecule has 25 heavy (non-hydrogen) atoms. The molecule has 0 saturated carbocycles. The van der Waals surface area contributed by atoms with Crippen LogP contribution in [-0.4, -0.2) is 10.8 Å². The van der Waals surface area contributed by atoms with Gasteiger partial charge in [-0.1, -0.05) is 84.6 Å². The molecule has 1 heterocycles. The first-order chi connectivity index (χ1) is 12.3. The van der Waals surface area contributed by atoms with E-state index in [9.17, 15) is 4.79 Å². The lowest BCUT2D eigenvalue weighted by atomic mass is 10.0. The van der Waals surface area contributed by atoms with E-state index in [0.717, 1.165) is 16.7 Å². The molecule has 3 nitrogen and oxygen atoms in total. The summed E-state index contributed by atoms with van der Waals surface area (Å²) >= 11 is 1.34. The van der Waals surface area contributed by atoms with E-state index in [1.807, 2.05) is 84.9 Å². The minimum atomic E-state index is -0.406. The Morgan fingerprint density at radius 3 is 2.20 bits per heavy atom. The van der Waals surface area contributed by atoms with Crippen LogP contribution in [0.1, 0.15) is 21.2 Å². The molecule has 0 amide bonds. The molecule has 0 aliphatic carbocycles. The number of Topliss-reactive ketones (excluding diaryl/α,β-unsaturated/α-hetero) is 1. The van der Waals surface area contributed by atoms with Crippen LogP contribution in [-0.2, 0) is 0 Å². The summed E-state index contributed by atoms with van der Waals surface area (Å²) < 4.78 is 5.81. The second kappa shape index (κ2) is 6.95. The van der Waals surface area contributed by atoms with Crippen molar-refractivity contribution in [3.63, 3.8) is 0 Å². The molecular weight excluding hydrogens is 330 g/mol. The van der Waals surface area contributed by atoms with Gasteiger partial charge in [0.2, 0.25) is 0 Å². The van der Waals surface area contributed by atoms with Crippen molar-refractivity contribution in [3.05, 3.63) is 96.1 Å². The van der Waals surface area contributed by atoms with Gasteiger partial charge in [0.25, 0.3) is 5.22 Å². The van der Waals surface area contributed by atoms with Crippen LogP contribution >= 0.6 is 11.8 Å². The first kappa shape index (κ1) is 15.7. The molecule has 1 unspecified atom stereocenters. The van der Waals surface area contributed by atoms with Crippen LogP contribution in [0.15, 0.2) is 94.6 Å². The largest absolute Gasteiger partial charge is 0.431 e. The molecular formula is C21H15NO2S. The number of rotatable bonds is 5. The predicted octanol–water partition coefficient (Wildman–Crippen LogP) is 5.54. The Bertz CT molecular complexity index is 963. The number of ketones is 1. The third-order valence-electron chi connectivity index (χ3n) is 3.89. The van der Waals surface area contributed by atoms with Gasteiger partial charge in [-0.15, -0.1) is 0 Å². The van der Waals surface area contributed by atoms with Crippen molar-refractivity contribution in [2.75, 3.05) is 0 Å². The standard InChI is InChI=1S/C21H15NO2S/c23-19(15-9-3-1-4-10-15)20(16-11-5-2-6-12-16)25-21-22-17-13-7-8-14-18(17)24-21/h1-14,20H. The monoisotopic (exact) mass is 345 g/mol. The Morgan fingerprint density at radius 2 is 1.48 bits per heavy atom. The van der Waals surface area contributed by atoms with Gasteiger partial charge in [0.05, 0.1) is 0 Å². The summed E-state index contributed by atoms with van der Waals surface area (Å²) in [5, 5.41) is 0.0935. The summed E-state index contributed by atoms with van der Waals surface area (Å²) in [7, 11) is 0. The third-order valence-corrected chi connectivity index (χ3v) is 4.99. The summed E-state index contributed by atoms with van der Waals surface area (Å²) in [5.41, 5.74) is 3.14. The van der Waals surface area contributed by atoms with Crippen molar-refractivity contribution in [1.82, 2.24) is 4.98 Å². The number of nitrogens with zero attached hydrogens (tertiary/aromatic N) is 1. The lowest BCUT2D eigenvalue weighted by Gasteiger charge is -2.14. The zero-order valence-corrected chi connectivity index (χ0v) is 14.1. The maximum Gasteiger partial charge on any atom is 0.257 e. The van der Waals surface area contributed by atoms with Gasteiger partial charge in [-0.05, 0) is 17.7 Å². The van der Waals surface area contributed by atoms with E-state index < -0.39 is 5.25 Å². The minimum Gasteiger partial charge on any atom is -0.431 e. The highest BCUT2D eigenvalue weighted by Gasteiger charge is 2.25. The summed E-state index contributed by atoms with van der Waals surface area (Å²) in [6.45, 7) is 0. The van der Waals surface area contributed by atoms with Crippen LogP contribution in [0.25, 0.3) is 11.1 Å². The molecule has 0 saturated heterocycles. The average molecular weight is 345 g/mol. The predicted molar refractivity (Wildman–Crippen MR) is 99.8 cm³/mol. The Kier molecular flexibility index (Phi) is 4.36. The summed E-state index contributed by atoms with van der Waals surface area (Å²) in [6, 6.07) is 26.7. The SMILES string of the molecule is O=C(c1ccccc1)C(Sc1nc2ccccc2o1)c1ccccc1. The number of oxazole rings is 1. The number of benzene rings is 3. The number of fused-ring (bicyclic) bond motifs is 1. The summed E-state index contributed by atoms with van der Waals surface area (Å²) in [5.74, 6) is 0.0408. The van der Waals surface area contributed by atoms with Crippen molar-refractivity contribution >= 4 is 28.6 Å². The highest BCUT2D eigenvalue weighted by atomic mass is 32.2. The van der Waals surface area contributed by atoms with Gasteiger partial charge in [-0.25, -0.2) is 4.98 Å². The molecule has 1 atom stereocenters. The van der Waals surface area contributed by atoms with Crippen molar-refractivity contribution in [1.29, 1.82) is 0 Å². The molecule has 4 rings (SSSR count). The quantitative estimate of drug-likeness (QED) is 0.352. The fraction of sp³-hybridized carbons (Fsp3) is 0.0476. The average Bonchev–Trinajstić information content (AvgIpc) is 3.09. The van der Waals surface area contributed by atoms with Gasteiger partial charge in [0, 0.05) is 5.56 Å². The lowest BCUT2D eigenvalue weighted by molar-refractivity contribution is 0.0989. The zero-order chi connectivity index (χ0) is 17.1. The highest BCUT2D eigenvalue weighted by molar-refractivity contribution is 8.00. The lowest BCUT2D eigenvalue weighted by Crippen LogP contribution is -2.09. The Balaban J connectivity index is 1.71. The van der Waals surface area contributed by atoms with Crippen molar-refractivity contribution in [2.45, 2.75) is 10.5 Å². The molecule has 0 spiro atoms. The van der Waals surface area contributed by atoms with Crippen LogP contribution in [0.2, 0.25) is 0 Å². The summed E-state index contributed by atoms with van der Waals surface area (Å²) in [6.07, 6.45) is 0. The minimum absolute atomic E-state index is 0.0408. The van der Waals surface area contributed by atoms with Crippen LogP contribution in [0.4, 0.5) is 0 Å². The van der Waals surface area contributed by atoms with E-state index >= 15 is 0 Å². The number of aromatic nitrogens is 1. The van der Waals surface area contributed by atoms with Crippen LogP contribution in [0.3, 0.4) is 0 Å². The second-order valence-corrected chi connectivity index (χ2v) is 6.64. The maximum atomic E-state index is 13.1. The van der Waals surface area contributed by atoms with Gasteiger partial charge in [0.15, 0.2) is 11.4 Å². The van der Waals surface area contributed by atoms with E-state index in [-0.39, 0.29) is 5.78 Å². The van der Waals surface area contributed by atoms with Crippen molar-refractivity contribution < 1.29 is 9.21 Å².